The Bertz CT molecular complexity index is 599. The third-order valence-electron chi connectivity index (χ3n) is 3.92. The molecule has 1 aromatic rings. The normalized spacial score (nSPS) is 17.6. The third-order valence-corrected chi connectivity index (χ3v) is 4.16. The molecule has 1 atom stereocenters. The molecule has 0 fully saturated rings. The number of aliphatic hydroxyl groups is 1. The average Bonchev–Trinajstić information content (AvgIpc) is 2.56. The van der Waals surface area contributed by atoms with E-state index in [2.05, 4.69) is 36.8 Å². The van der Waals surface area contributed by atoms with Crippen LogP contribution in [0.1, 0.15) is 38.7 Å². The summed E-state index contributed by atoms with van der Waals surface area (Å²) in [5.74, 6) is 0.567. The highest BCUT2D eigenvalue weighted by molar-refractivity contribution is 6.30. The number of nitrogens with one attached hydrogen (secondary N) is 2. The molecule has 0 heterocycles. The fourth-order valence-corrected chi connectivity index (χ4v) is 2.87. The van der Waals surface area contributed by atoms with Gasteiger partial charge in [-0.3, -0.25) is 10.3 Å². The van der Waals surface area contributed by atoms with E-state index in [1.165, 1.54) is 5.57 Å². The van der Waals surface area contributed by atoms with Crippen molar-refractivity contribution in [2.75, 3.05) is 19.7 Å². The Balaban J connectivity index is 1.84. The number of halogens is 1. The summed E-state index contributed by atoms with van der Waals surface area (Å²) >= 11 is 6.06. The van der Waals surface area contributed by atoms with E-state index in [9.17, 15) is 5.11 Å². The van der Waals surface area contributed by atoms with Crippen LogP contribution in [-0.4, -0.2) is 30.9 Å². The Kier molecular flexibility index (Phi) is 8.49. The number of hydrogen-bond acceptors (Lipinski definition) is 4. The van der Waals surface area contributed by atoms with Gasteiger partial charge >= 0.3 is 0 Å². The molecule has 1 aliphatic rings. The first-order valence-electron chi connectivity index (χ1n) is 8.98. The molecule has 0 radical (unpaired) electrons. The van der Waals surface area contributed by atoms with Gasteiger partial charge in [-0.15, -0.1) is 0 Å². The zero-order valence-electron chi connectivity index (χ0n) is 15.1. The largest absolute Gasteiger partial charge is 0.389 e. The standard InChI is InChI=1S/C20H29ClN2O2/c1-15(2)12-22-13-19(24)14-25-23-20-9-4-3-7-17(20)10-16-6-5-8-18(21)11-16/h5-6,8-11,15,19,22-24H,3-4,7,12-14H2,1-2H3/t19-/m0/s1. The number of allylic oxidation sites excluding steroid dienone is 2. The van der Waals surface area contributed by atoms with Crippen molar-refractivity contribution >= 4 is 17.7 Å². The van der Waals surface area contributed by atoms with E-state index < -0.39 is 6.10 Å². The van der Waals surface area contributed by atoms with E-state index in [-0.39, 0.29) is 6.61 Å². The van der Waals surface area contributed by atoms with Gasteiger partial charge in [0.1, 0.15) is 6.61 Å². The Morgan fingerprint density at radius 1 is 1.32 bits per heavy atom. The topological polar surface area (TPSA) is 53.5 Å². The molecule has 1 aliphatic carbocycles. The van der Waals surface area contributed by atoms with Gasteiger partial charge in [0.25, 0.3) is 0 Å². The van der Waals surface area contributed by atoms with Crippen molar-refractivity contribution in [3.8, 4) is 0 Å². The molecule has 0 bridgehead atoms. The van der Waals surface area contributed by atoms with Gasteiger partial charge in [-0.25, -0.2) is 0 Å². The predicted molar refractivity (Wildman–Crippen MR) is 104 cm³/mol. The lowest BCUT2D eigenvalue weighted by Gasteiger charge is -2.20. The molecule has 0 saturated heterocycles. The molecule has 0 saturated carbocycles. The number of aliphatic hydroxyl groups excluding tert-OH is 1. The second-order valence-electron chi connectivity index (χ2n) is 6.85. The summed E-state index contributed by atoms with van der Waals surface area (Å²) in [5.41, 5.74) is 6.26. The Morgan fingerprint density at radius 3 is 2.92 bits per heavy atom. The zero-order chi connectivity index (χ0) is 18.1. The lowest BCUT2D eigenvalue weighted by atomic mass is 9.97. The molecular formula is C20H29ClN2O2. The minimum atomic E-state index is -0.532. The molecular weight excluding hydrogens is 336 g/mol. The summed E-state index contributed by atoms with van der Waals surface area (Å²) in [5, 5.41) is 13.9. The van der Waals surface area contributed by atoms with E-state index in [1.54, 1.807) is 0 Å². The summed E-state index contributed by atoms with van der Waals surface area (Å²) in [4.78, 5) is 5.51. The lowest BCUT2D eigenvalue weighted by Crippen LogP contribution is -2.34. The molecule has 5 heteroatoms. The molecule has 0 aliphatic heterocycles. The van der Waals surface area contributed by atoms with Crippen LogP contribution >= 0.6 is 11.6 Å². The van der Waals surface area contributed by atoms with Crippen LogP contribution in [-0.2, 0) is 4.84 Å². The van der Waals surface area contributed by atoms with Gasteiger partial charge in [-0.05, 0) is 61.1 Å². The summed E-state index contributed by atoms with van der Waals surface area (Å²) in [6.07, 6.45) is 6.89. The summed E-state index contributed by atoms with van der Waals surface area (Å²) < 4.78 is 0. The van der Waals surface area contributed by atoms with Crippen LogP contribution in [0.4, 0.5) is 0 Å². The first-order chi connectivity index (χ1) is 12.0. The van der Waals surface area contributed by atoms with Gasteiger partial charge in [-0.2, -0.15) is 0 Å². The Labute approximate surface area is 155 Å². The summed E-state index contributed by atoms with van der Waals surface area (Å²) in [6.45, 7) is 5.95. The first-order valence-corrected chi connectivity index (χ1v) is 9.35. The van der Waals surface area contributed by atoms with E-state index in [1.807, 2.05) is 24.3 Å². The van der Waals surface area contributed by atoms with E-state index in [0.29, 0.717) is 12.5 Å². The maximum atomic E-state index is 9.95. The molecule has 0 aromatic heterocycles. The minimum Gasteiger partial charge on any atom is -0.389 e. The molecule has 0 amide bonds. The van der Waals surface area contributed by atoms with Crippen LogP contribution in [0.2, 0.25) is 5.02 Å². The van der Waals surface area contributed by atoms with Crippen LogP contribution in [0.15, 0.2) is 41.6 Å². The van der Waals surface area contributed by atoms with Crippen LogP contribution in [0.5, 0.6) is 0 Å². The van der Waals surface area contributed by atoms with E-state index in [0.717, 1.165) is 42.1 Å². The quantitative estimate of drug-likeness (QED) is 0.581. The SMILES string of the molecule is CC(C)CNC[C@H](O)CONC1=CCCCC1=Cc1cccc(Cl)c1. The molecule has 0 spiro atoms. The molecule has 1 aromatic carbocycles. The minimum absolute atomic E-state index is 0.243. The number of hydroxylamine groups is 1. The van der Waals surface area contributed by atoms with Crippen molar-refractivity contribution in [1.29, 1.82) is 0 Å². The maximum Gasteiger partial charge on any atom is 0.102 e. The second-order valence-corrected chi connectivity index (χ2v) is 7.29. The second kappa shape index (κ2) is 10.6. The molecule has 4 nitrogen and oxygen atoms in total. The highest BCUT2D eigenvalue weighted by Gasteiger charge is 2.12. The molecule has 3 N–H and O–H groups in total. The number of rotatable bonds is 9. The van der Waals surface area contributed by atoms with Crippen LogP contribution in [0.3, 0.4) is 0 Å². The van der Waals surface area contributed by atoms with Gasteiger partial charge in [0.05, 0.1) is 11.8 Å². The maximum absolute atomic E-state index is 9.95. The lowest BCUT2D eigenvalue weighted by molar-refractivity contribution is -0.00469. The van der Waals surface area contributed by atoms with Gasteiger partial charge in [0, 0.05) is 11.6 Å². The van der Waals surface area contributed by atoms with Crippen LogP contribution in [0, 0.1) is 5.92 Å². The predicted octanol–water partition coefficient (Wildman–Crippen LogP) is 3.92. The molecule has 25 heavy (non-hydrogen) atoms. The molecule has 138 valence electrons. The van der Waals surface area contributed by atoms with E-state index in [4.69, 9.17) is 16.4 Å². The van der Waals surface area contributed by atoms with Crippen molar-refractivity contribution in [2.24, 2.45) is 5.92 Å². The molecule has 0 unspecified atom stereocenters. The van der Waals surface area contributed by atoms with Gasteiger partial charge < -0.3 is 10.4 Å². The fraction of sp³-hybridized carbons (Fsp3) is 0.500. The summed E-state index contributed by atoms with van der Waals surface area (Å²) in [7, 11) is 0. The van der Waals surface area contributed by atoms with Gasteiger partial charge in [0.2, 0.25) is 0 Å². The highest BCUT2D eigenvalue weighted by Crippen LogP contribution is 2.25. The van der Waals surface area contributed by atoms with Crippen molar-refractivity contribution in [2.45, 2.75) is 39.2 Å². The highest BCUT2D eigenvalue weighted by atomic mass is 35.5. The smallest absolute Gasteiger partial charge is 0.102 e. The zero-order valence-corrected chi connectivity index (χ0v) is 15.9. The monoisotopic (exact) mass is 364 g/mol. The Hall–Kier alpha value is -1.33. The fourth-order valence-electron chi connectivity index (χ4n) is 2.67. The van der Waals surface area contributed by atoms with Crippen molar-refractivity contribution in [3.63, 3.8) is 0 Å². The summed E-state index contributed by atoms with van der Waals surface area (Å²) in [6, 6.07) is 7.81. The number of benzene rings is 1. The van der Waals surface area contributed by atoms with Crippen LogP contribution < -0.4 is 10.8 Å². The van der Waals surface area contributed by atoms with Crippen molar-refractivity contribution in [3.05, 3.63) is 52.2 Å². The van der Waals surface area contributed by atoms with Gasteiger partial charge in [0.15, 0.2) is 0 Å². The average molecular weight is 365 g/mol. The number of hydrogen-bond donors (Lipinski definition) is 3. The first kappa shape index (κ1) is 20.0. The molecule has 2 rings (SSSR count). The van der Waals surface area contributed by atoms with Crippen molar-refractivity contribution in [1.82, 2.24) is 10.8 Å². The third kappa shape index (κ3) is 7.61. The Morgan fingerprint density at radius 2 is 2.16 bits per heavy atom. The van der Waals surface area contributed by atoms with E-state index >= 15 is 0 Å². The van der Waals surface area contributed by atoms with Crippen molar-refractivity contribution < 1.29 is 9.94 Å². The van der Waals surface area contributed by atoms with Gasteiger partial charge in [-0.1, -0.05) is 43.7 Å². The van der Waals surface area contributed by atoms with Crippen LogP contribution in [0.25, 0.3) is 6.08 Å².